The van der Waals surface area contributed by atoms with Crippen molar-refractivity contribution in [3.63, 3.8) is 0 Å². The maximum absolute atomic E-state index is 12.9. The summed E-state index contributed by atoms with van der Waals surface area (Å²) in [4.78, 5) is 30.1. The maximum atomic E-state index is 12.9. The smallest absolute Gasteiger partial charge is 0.414 e. The van der Waals surface area contributed by atoms with Crippen LogP contribution >= 0.6 is 0 Å². The molecule has 1 atom stereocenters. The molecule has 2 aliphatic rings. The largest absolute Gasteiger partial charge is 0.447 e. The van der Waals surface area contributed by atoms with Crippen LogP contribution in [0.2, 0.25) is 0 Å². The molecule has 0 unspecified atom stereocenters. The summed E-state index contributed by atoms with van der Waals surface area (Å²) in [5.41, 5.74) is 0.620. The van der Waals surface area contributed by atoms with Gasteiger partial charge in [0.1, 0.15) is 6.61 Å². The first-order valence-electron chi connectivity index (χ1n) is 9.05. The second-order valence-electron chi connectivity index (χ2n) is 7.71. The molecule has 2 fully saturated rings. The Morgan fingerprint density at radius 3 is 2.46 bits per heavy atom. The van der Waals surface area contributed by atoms with Crippen LogP contribution < -0.4 is 4.90 Å². The number of carbonyl (C=O) groups excluding carboxylic acids is 2. The van der Waals surface area contributed by atoms with Crippen LogP contribution in [0.15, 0.2) is 24.3 Å². The van der Waals surface area contributed by atoms with Crippen molar-refractivity contribution in [2.45, 2.75) is 32.4 Å². The lowest BCUT2D eigenvalue weighted by Crippen LogP contribution is -2.56. The van der Waals surface area contributed by atoms with E-state index >= 15 is 0 Å². The molecule has 0 aliphatic carbocycles. The number of amides is 2. The van der Waals surface area contributed by atoms with E-state index in [4.69, 9.17) is 4.74 Å². The molecule has 1 aromatic rings. The maximum Gasteiger partial charge on any atom is 0.414 e. The van der Waals surface area contributed by atoms with Gasteiger partial charge in [0.15, 0.2) is 0 Å². The molecule has 7 nitrogen and oxygen atoms in total. The summed E-state index contributed by atoms with van der Waals surface area (Å²) in [6.07, 6.45) is -0.347. The molecule has 0 spiro atoms. The SMILES string of the molecule is C[C@@H]1CN(CC(C)(C)O)CCN1C(=O)c1ccc(N2CCOC2=O)cc1. The Morgan fingerprint density at radius 1 is 1.23 bits per heavy atom. The van der Waals surface area contributed by atoms with Crippen LogP contribution in [0.5, 0.6) is 0 Å². The number of aliphatic hydroxyl groups is 1. The molecule has 2 heterocycles. The van der Waals surface area contributed by atoms with Gasteiger partial charge < -0.3 is 14.7 Å². The number of cyclic esters (lactones) is 1. The molecule has 7 heteroatoms. The van der Waals surface area contributed by atoms with Gasteiger partial charge in [0.05, 0.1) is 12.1 Å². The Kier molecular flexibility index (Phi) is 5.20. The zero-order chi connectivity index (χ0) is 18.9. The van der Waals surface area contributed by atoms with Gasteiger partial charge in [-0.2, -0.15) is 0 Å². The van der Waals surface area contributed by atoms with Crippen molar-refractivity contribution in [2.24, 2.45) is 0 Å². The van der Waals surface area contributed by atoms with E-state index in [1.54, 1.807) is 43.0 Å². The molecule has 1 aromatic carbocycles. The van der Waals surface area contributed by atoms with Crippen LogP contribution in [0.1, 0.15) is 31.1 Å². The van der Waals surface area contributed by atoms with E-state index in [1.807, 2.05) is 11.8 Å². The van der Waals surface area contributed by atoms with Gasteiger partial charge in [-0.05, 0) is 45.0 Å². The third-order valence-corrected chi connectivity index (χ3v) is 4.77. The first-order valence-corrected chi connectivity index (χ1v) is 9.05. The van der Waals surface area contributed by atoms with Gasteiger partial charge in [-0.15, -0.1) is 0 Å². The van der Waals surface area contributed by atoms with Gasteiger partial charge >= 0.3 is 6.09 Å². The molecule has 1 N–H and O–H groups in total. The molecule has 142 valence electrons. The van der Waals surface area contributed by atoms with Gasteiger partial charge in [0, 0.05) is 43.5 Å². The third-order valence-electron chi connectivity index (χ3n) is 4.77. The lowest BCUT2D eigenvalue weighted by Gasteiger charge is -2.41. The predicted molar refractivity (Wildman–Crippen MR) is 98.4 cm³/mol. The van der Waals surface area contributed by atoms with E-state index in [9.17, 15) is 14.7 Å². The lowest BCUT2D eigenvalue weighted by atomic mass is 10.1. The van der Waals surface area contributed by atoms with Crippen LogP contribution in [0.4, 0.5) is 10.5 Å². The minimum atomic E-state index is -0.738. The Labute approximate surface area is 154 Å². The van der Waals surface area contributed by atoms with Gasteiger partial charge in [0.2, 0.25) is 0 Å². The number of benzene rings is 1. The number of carbonyl (C=O) groups is 2. The number of hydrogen-bond donors (Lipinski definition) is 1. The van der Waals surface area contributed by atoms with Crippen molar-refractivity contribution in [1.29, 1.82) is 0 Å². The highest BCUT2D eigenvalue weighted by Crippen LogP contribution is 2.21. The first-order chi connectivity index (χ1) is 12.2. The van der Waals surface area contributed by atoms with E-state index in [2.05, 4.69) is 4.90 Å². The first kappa shape index (κ1) is 18.7. The van der Waals surface area contributed by atoms with Crippen molar-refractivity contribution in [1.82, 2.24) is 9.80 Å². The van der Waals surface area contributed by atoms with Crippen LogP contribution in [-0.4, -0.2) is 77.9 Å². The number of hydrogen-bond acceptors (Lipinski definition) is 5. The molecule has 3 rings (SSSR count). The zero-order valence-corrected chi connectivity index (χ0v) is 15.6. The highest BCUT2D eigenvalue weighted by atomic mass is 16.6. The second kappa shape index (κ2) is 7.25. The summed E-state index contributed by atoms with van der Waals surface area (Å²) in [6, 6.07) is 7.18. The van der Waals surface area contributed by atoms with Crippen LogP contribution in [0, 0.1) is 0 Å². The molecule has 0 bridgehead atoms. The molecule has 2 amide bonds. The second-order valence-corrected chi connectivity index (χ2v) is 7.71. The number of ether oxygens (including phenoxy) is 1. The quantitative estimate of drug-likeness (QED) is 0.881. The summed E-state index contributed by atoms with van der Waals surface area (Å²) in [5.74, 6) is -0.00374. The molecule has 2 saturated heterocycles. The molecule has 0 aromatic heterocycles. The van der Waals surface area contributed by atoms with E-state index < -0.39 is 5.60 Å². The standard InChI is InChI=1S/C19H27N3O4/c1-14-12-20(13-19(2,3)25)8-9-21(14)17(23)15-4-6-16(7-5-15)22-10-11-26-18(22)24/h4-7,14,25H,8-13H2,1-3H3/t14-/m1/s1. The summed E-state index contributed by atoms with van der Waals surface area (Å²) >= 11 is 0. The molecule has 0 radical (unpaired) electrons. The number of β-amino-alcohol motifs (C(OH)–C–C–N with tert-alkyl or cyclic N) is 1. The normalized spacial score (nSPS) is 21.8. The fourth-order valence-corrected chi connectivity index (χ4v) is 3.60. The monoisotopic (exact) mass is 361 g/mol. The van der Waals surface area contributed by atoms with E-state index in [1.165, 1.54) is 0 Å². The van der Waals surface area contributed by atoms with Crippen LogP contribution in [-0.2, 0) is 4.74 Å². The van der Waals surface area contributed by atoms with Crippen molar-refractivity contribution < 1.29 is 19.4 Å². The minimum absolute atomic E-state index is 0.00374. The predicted octanol–water partition coefficient (Wildman–Crippen LogP) is 1.56. The Balaban J connectivity index is 1.63. The third kappa shape index (κ3) is 4.16. The molecular formula is C19H27N3O4. The summed E-state index contributed by atoms with van der Waals surface area (Å²) in [7, 11) is 0. The Morgan fingerprint density at radius 2 is 1.92 bits per heavy atom. The zero-order valence-electron chi connectivity index (χ0n) is 15.6. The summed E-state index contributed by atoms with van der Waals surface area (Å²) in [6.45, 7) is 9.28. The molecule has 0 saturated carbocycles. The lowest BCUT2D eigenvalue weighted by molar-refractivity contribution is 0.00577. The van der Waals surface area contributed by atoms with E-state index in [0.717, 1.165) is 18.8 Å². The average molecular weight is 361 g/mol. The van der Waals surface area contributed by atoms with Crippen molar-refractivity contribution in [3.05, 3.63) is 29.8 Å². The topological polar surface area (TPSA) is 73.3 Å². The van der Waals surface area contributed by atoms with Gasteiger partial charge in [-0.1, -0.05) is 0 Å². The fraction of sp³-hybridized carbons (Fsp3) is 0.579. The number of nitrogens with zero attached hydrogens (tertiary/aromatic N) is 3. The summed E-state index contributed by atoms with van der Waals surface area (Å²) in [5, 5.41) is 9.98. The fourth-order valence-electron chi connectivity index (χ4n) is 3.60. The van der Waals surface area contributed by atoms with Gasteiger partial charge in [0.25, 0.3) is 5.91 Å². The Hall–Kier alpha value is -2.12. The van der Waals surface area contributed by atoms with Gasteiger partial charge in [-0.3, -0.25) is 14.6 Å². The Bertz CT molecular complexity index is 668. The van der Waals surface area contributed by atoms with Crippen molar-refractivity contribution in [2.75, 3.05) is 44.2 Å². The number of rotatable bonds is 4. The van der Waals surface area contributed by atoms with E-state index in [0.29, 0.717) is 31.8 Å². The molecule has 26 heavy (non-hydrogen) atoms. The van der Waals surface area contributed by atoms with Crippen molar-refractivity contribution in [3.8, 4) is 0 Å². The summed E-state index contributed by atoms with van der Waals surface area (Å²) < 4.78 is 4.94. The number of piperazine rings is 1. The van der Waals surface area contributed by atoms with Crippen molar-refractivity contribution >= 4 is 17.7 Å². The van der Waals surface area contributed by atoms with E-state index in [-0.39, 0.29) is 18.0 Å². The number of anilines is 1. The van der Waals surface area contributed by atoms with Crippen LogP contribution in [0.3, 0.4) is 0 Å². The van der Waals surface area contributed by atoms with Crippen LogP contribution in [0.25, 0.3) is 0 Å². The highest BCUT2D eigenvalue weighted by Gasteiger charge is 2.30. The highest BCUT2D eigenvalue weighted by molar-refractivity contribution is 5.96. The average Bonchev–Trinajstić information content (AvgIpc) is 2.99. The van der Waals surface area contributed by atoms with Gasteiger partial charge in [-0.25, -0.2) is 4.79 Å². The molecular weight excluding hydrogens is 334 g/mol. The minimum Gasteiger partial charge on any atom is -0.447 e. The molecule has 2 aliphatic heterocycles.